The Morgan fingerprint density at radius 2 is 2.03 bits per heavy atom. The van der Waals surface area contributed by atoms with Gasteiger partial charge in [-0.15, -0.1) is 16.9 Å². The lowest BCUT2D eigenvalue weighted by atomic mass is 9.98. The number of hydrogen-bond acceptors (Lipinski definition) is 12. The average Bonchev–Trinajstić information content (AvgIpc) is 3.15. The van der Waals surface area contributed by atoms with Crippen molar-refractivity contribution in [1.29, 1.82) is 5.26 Å². The molecule has 0 unspecified atom stereocenters. The predicted octanol–water partition coefficient (Wildman–Crippen LogP) is -1.34. The van der Waals surface area contributed by atoms with Crippen LogP contribution in [0.5, 0.6) is 0 Å². The predicted molar refractivity (Wildman–Crippen MR) is 111 cm³/mol. The number of nitrogens with one attached hydrogen (secondary N) is 1. The lowest BCUT2D eigenvalue weighted by molar-refractivity contribution is -0.196. The molecule has 1 aliphatic heterocycles. The minimum atomic E-state index is -2.33. The SMILES string of the molecule is COC1(NC(=O)CSCC#N)C(=O)N(C(C(=O)O)=C(CS)CSc2nnnn2C)C1=O. The number of tetrazole rings is 1. The molecule has 16 heteroatoms. The van der Waals surface area contributed by atoms with E-state index in [1.807, 2.05) is 6.07 Å². The molecule has 0 spiro atoms. The summed E-state index contributed by atoms with van der Waals surface area (Å²) in [6, 6.07) is 1.84. The van der Waals surface area contributed by atoms with Gasteiger partial charge < -0.3 is 15.2 Å². The van der Waals surface area contributed by atoms with Crippen LogP contribution in [0, 0.1) is 11.3 Å². The van der Waals surface area contributed by atoms with E-state index in [9.17, 15) is 24.3 Å². The van der Waals surface area contributed by atoms with Gasteiger partial charge in [0.15, 0.2) is 0 Å². The summed E-state index contributed by atoms with van der Waals surface area (Å²) in [4.78, 5) is 49.9. The van der Waals surface area contributed by atoms with Gasteiger partial charge >= 0.3 is 11.7 Å². The molecule has 1 fully saturated rings. The fraction of sp³-hybridized carbons (Fsp3) is 0.467. The second-order valence-electron chi connectivity index (χ2n) is 5.82. The number of likely N-dealkylation sites (tertiary alicyclic amines) is 1. The largest absolute Gasteiger partial charge is 0.477 e. The van der Waals surface area contributed by atoms with Crippen molar-refractivity contribution in [3.63, 3.8) is 0 Å². The van der Waals surface area contributed by atoms with E-state index in [4.69, 9.17) is 10.00 Å². The van der Waals surface area contributed by atoms with Crippen LogP contribution in [0.2, 0.25) is 0 Å². The van der Waals surface area contributed by atoms with Crippen molar-refractivity contribution in [3.05, 3.63) is 11.3 Å². The van der Waals surface area contributed by atoms with Crippen molar-refractivity contribution in [1.82, 2.24) is 30.4 Å². The van der Waals surface area contributed by atoms with Gasteiger partial charge in [0.1, 0.15) is 5.70 Å². The second kappa shape index (κ2) is 10.6. The van der Waals surface area contributed by atoms with Crippen molar-refractivity contribution in [2.24, 2.45) is 7.05 Å². The molecule has 1 saturated heterocycles. The van der Waals surface area contributed by atoms with E-state index < -0.39 is 35.1 Å². The number of nitrogens with zero attached hydrogens (tertiary/aromatic N) is 6. The number of β-lactam (4-membered cyclic amide) rings is 2. The Morgan fingerprint density at radius 1 is 1.35 bits per heavy atom. The van der Waals surface area contributed by atoms with Gasteiger partial charge in [-0.1, -0.05) is 11.8 Å². The van der Waals surface area contributed by atoms with Crippen LogP contribution in [0.15, 0.2) is 16.4 Å². The lowest BCUT2D eigenvalue weighted by Crippen LogP contribution is -2.79. The van der Waals surface area contributed by atoms with Crippen LogP contribution in [0.4, 0.5) is 0 Å². The number of methoxy groups -OCH3 is 1. The summed E-state index contributed by atoms with van der Waals surface area (Å²) in [7, 11) is 2.63. The number of aryl methyl sites for hydroxylation is 1. The highest BCUT2D eigenvalue weighted by Crippen LogP contribution is 2.33. The molecule has 166 valence electrons. The molecule has 2 rings (SSSR count). The third kappa shape index (κ3) is 5.01. The molecule has 2 N–H and O–H groups in total. The van der Waals surface area contributed by atoms with Crippen LogP contribution < -0.4 is 5.32 Å². The number of carboxylic acids is 1. The number of rotatable bonds is 11. The molecule has 0 aliphatic carbocycles. The van der Waals surface area contributed by atoms with Crippen LogP contribution in [0.1, 0.15) is 0 Å². The van der Waals surface area contributed by atoms with E-state index >= 15 is 0 Å². The van der Waals surface area contributed by atoms with E-state index in [0.717, 1.165) is 30.6 Å². The Kier molecular flexibility index (Phi) is 8.44. The topological polar surface area (TPSA) is 180 Å². The second-order valence-corrected chi connectivity index (χ2v) is 8.06. The third-order valence-corrected chi connectivity index (χ3v) is 6.22. The van der Waals surface area contributed by atoms with Gasteiger partial charge in [0.2, 0.25) is 11.1 Å². The lowest BCUT2D eigenvalue weighted by Gasteiger charge is -2.44. The number of carbonyl (C=O) groups is 4. The van der Waals surface area contributed by atoms with Gasteiger partial charge in [0, 0.05) is 25.7 Å². The standard InChI is InChI=1S/C15H17N7O6S3/c1-21-14(18-19-20-21)31-6-8(5-29)10(11(24)25)22-12(26)15(28-2,13(22)27)17-9(23)7-30-4-3-16/h29H,4-7H2,1-2H3,(H,17,23)(H,24,25). The first-order chi connectivity index (χ1) is 14.7. The summed E-state index contributed by atoms with van der Waals surface area (Å²) < 4.78 is 6.34. The number of hydrogen-bond donors (Lipinski definition) is 3. The number of thioether (sulfide) groups is 2. The molecular formula is C15H17N7O6S3. The summed E-state index contributed by atoms with van der Waals surface area (Å²) in [5.41, 5.74) is -2.74. The number of thiol groups is 1. The Hall–Kier alpha value is -2.61. The van der Waals surface area contributed by atoms with Gasteiger partial charge in [0.05, 0.1) is 17.6 Å². The van der Waals surface area contributed by atoms with Crippen molar-refractivity contribution in [2.45, 2.75) is 10.9 Å². The van der Waals surface area contributed by atoms with Crippen LogP contribution >= 0.6 is 36.2 Å². The van der Waals surface area contributed by atoms with Crippen LogP contribution in [-0.2, 0) is 31.0 Å². The number of imide groups is 1. The highest BCUT2D eigenvalue weighted by atomic mass is 32.2. The maximum atomic E-state index is 12.8. The normalized spacial score (nSPS) is 15.7. The molecule has 0 saturated carbocycles. The fourth-order valence-corrected chi connectivity index (χ4v) is 4.22. The Labute approximate surface area is 189 Å². The molecular weight excluding hydrogens is 470 g/mol. The van der Waals surface area contributed by atoms with Gasteiger partial charge in [-0.05, 0) is 16.0 Å². The molecule has 3 amide bonds. The van der Waals surface area contributed by atoms with E-state index in [0.29, 0.717) is 10.1 Å². The number of carboxylic acid groups (broad SMARTS) is 1. The van der Waals surface area contributed by atoms with Crippen LogP contribution in [0.3, 0.4) is 0 Å². The minimum Gasteiger partial charge on any atom is -0.477 e. The number of carbonyl (C=O) groups excluding carboxylic acids is 3. The highest BCUT2D eigenvalue weighted by Gasteiger charge is 2.65. The average molecular weight is 488 g/mol. The number of nitriles is 1. The number of ether oxygens (including phenoxy) is 1. The maximum Gasteiger partial charge on any atom is 0.353 e. The third-order valence-electron chi connectivity index (χ3n) is 3.94. The monoisotopic (exact) mass is 487 g/mol. The minimum absolute atomic E-state index is 0.0353. The van der Waals surface area contributed by atoms with Gasteiger partial charge in [0.25, 0.3) is 11.8 Å². The quantitative estimate of drug-likeness (QED) is 0.0636. The number of aliphatic carboxylic acids is 1. The first-order valence-electron chi connectivity index (χ1n) is 8.34. The molecule has 13 nitrogen and oxygen atoms in total. The molecule has 1 aromatic heterocycles. The van der Waals surface area contributed by atoms with Gasteiger partial charge in [-0.25, -0.2) is 14.4 Å². The van der Waals surface area contributed by atoms with E-state index in [1.165, 1.54) is 4.68 Å². The van der Waals surface area contributed by atoms with Crippen molar-refractivity contribution in [2.75, 3.05) is 30.1 Å². The molecule has 0 aromatic carbocycles. The van der Waals surface area contributed by atoms with Crippen LogP contribution in [0.25, 0.3) is 0 Å². The zero-order chi connectivity index (χ0) is 23.2. The number of amides is 3. The smallest absolute Gasteiger partial charge is 0.353 e. The van der Waals surface area contributed by atoms with E-state index in [2.05, 4.69) is 33.5 Å². The molecule has 2 heterocycles. The summed E-state index contributed by atoms with van der Waals surface area (Å²) in [5.74, 6) is -4.54. The zero-order valence-electron chi connectivity index (χ0n) is 16.3. The molecule has 0 radical (unpaired) electrons. The Balaban J connectivity index is 2.26. The van der Waals surface area contributed by atoms with Crippen molar-refractivity contribution >= 4 is 59.8 Å². The molecule has 0 bridgehead atoms. The summed E-state index contributed by atoms with van der Waals surface area (Å²) >= 11 is 6.19. The van der Waals surface area contributed by atoms with Crippen molar-refractivity contribution in [3.8, 4) is 6.07 Å². The number of aromatic nitrogens is 4. The van der Waals surface area contributed by atoms with E-state index in [-0.39, 0.29) is 28.6 Å². The van der Waals surface area contributed by atoms with Crippen LogP contribution in [-0.4, -0.2) is 89.8 Å². The molecule has 0 atom stereocenters. The summed E-state index contributed by atoms with van der Waals surface area (Å²) in [5, 5.41) is 31.7. The van der Waals surface area contributed by atoms with Gasteiger partial charge in [-0.2, -0.15) is 17.9 Å². The van der Waals surface area contributed by atoms with Gasteiger partial charge in [-0.3, -0.25) is 14.4 Å². The summed E-state index contributed by atoms with van der Waals surface area (Å²) in [6.07, 6.45) is 0. The Morgan fingerprint density at radius 3 is 2.52 bits per heavy atom. The first-order valence-corrected chi connectivity index (χ1v) is 11.1. The maximum absolute atomic E-state index is 12.8. The zero-order valence-corrected chi connectivity index (χ0v) is 18.8. The van der Waals surface area contributed by atoms with Crippen molar-refractivity contribution < 1.29 is 29.0 Å². The Bertz CT molecular complexity index is 957. The first kappa shape index (κ1) is 24.7. The van der Waals surface area contributed by atoms with E-state index in [1.54, 1.807) is 7.05 Å². The summed E-state index contributed by atoms with van der Waals surface area (Å²) in [6.45, 7) is 0. The highest BCUT2D eigenvalue weighted by molar-refractivity contribution is 8.00. The molecule has 1 aliphatic rings. The molecule has 1 aromatic rings. The fourth-order valence-electron chi connectivity index (χ4n) is 2.49. The molecule has 31 heavy (non-hydrogen) atoms.